The molecular weight excluding hydrogens is 260 g/mol. The van der Waals surface area contributed by atoms with Crippen LogP contribution in [0, 0.1) is 0 Å². The lowest BCUT2D eigenvalue weighted by molar-refractivity contribution is 0.213. The van der Waals surface area contributed by atoms with Gasteiger partial charge in [-0.3, -0.25) is 9.88 Å². The molecule has 1 atom stereocenters. The summed E-state index contributed by atoms with van der Waals surface area (Å²) in [6.07, 6.45) is 3.14. The topological polar surface area (TPSA) is 31.4 Å². The van der Waals surface area contributed by atoms with Gasteiger partial charge in [0.2, 0.25) is 0 Å². The van der Waals surface area contributed by atoms with E-state index < -0.39 is 0 Å². The first kappa shape index (κ1) is 16.2. The quantitative estimate of drug-likeness (QED) is 0.923. The van der Waals surface area contributed by atoms with Crippen molar-refractivity contribution in [1.82, 2.24) is 15.2 Å². The third kappa shape index (κ3) is 4.68. The number of piperazine rings is 1. The van der Waals surface area contributed by atoms with Crippen molar-refractivity contribution in [3.8, 4) is 0 Å². The van der Waals surface area contributed by atoms with Crippen LogP contribution in [0.25, 0.3) is 0 Å². The third-order valence-electron chi connectivity index (χ3n) is 4.21. The lowest BCUT2D eigenvalue weighted by Gasteiger charge is -2.40. The van der Waals surface area contributed by atoms with Gasteiger partial charge >= 0.3 is 0 Å². The second-order valence-corrected chi connectivity index (χ2v) is 7.10. The highest BCUT2D eigenvalue weighted by atomic mass is 15.3. The molecule has 0 bridgehead atoms. The second-order valence-electron chi connectivity index (χ2n) is 7.10. The van der Waals surface area contributed by atoms with Crippen molar-refractivity contribution in [2.75, 3.05) is 31.6 Å². The molecule has 1 aromatic heterocycles. The van der Waals surface area contributed by atoms with E-state index in [1.165, 1.54) is 12.1 Å². The van der Waals surface area contributed by atoms with E-state index in [0.717, 1.165) is 31.9 Å². The van der Waals surface area contributed by atoms with Gasteiger partial charge in [0.05, 0.1) is 5.69 Å². The van der Waals surface area contributed by atoms with Crippen LogP contribution in [0.1, 0.15) is 39.8 Å². The summed E-state index contributed by atoms with van der Waals surface area (Å²) < 4.78 is 0. The maximum Gasteiger partial charge on any atom is 0.0562 e. The summed E-state index contributed by atoms with van der Waals surface area (Å²) in [5, 5.41) is 3.51. The monoisotopic (exact) mass is 290 g/mol. The van der Waals surface area contributed by atoms with Gasteiger partial charge in [-0.25, -0.2) is 0 Å². The normalized spacial score (nSPS) is 20.8. The molecule has 21 heavy (non-hydrogen) atoms. The van der Waals surface area contributed by atoms with Crippen LogP contribution in [-0.4, -0.2) is 48.1 Å². The Balaban J connectivity index is 2.03. The number of aromatic nitrogens is 1. The molecule has 2 heterocycles. The molecular formula is C17H30N4. The number of anilines is 1. The molecule has 1 aliphatic heterocycles. The molecule has 2 rings (SSSR count). The highest BCUT2D eigenvalue weighted by Crippen LogP contribution is 2.20. The van der Waals surface area contributed by atoms with E-state index in [4.69, 9.17) is 0 Å². The Morgan fingerprint density at radius 2 is 2.10 bits per heavy atom. The first-order valence-corrected chi connectivity index (χ1v) is 8.04. The molecule has 0 amide bonds. The van der Waals surface area contributed by atoms with Crippen LogP contribution in [-0.2, 0) is 6.54 Å². The lowest BCUT2D eigenvalue weighted by Crippen LogP contribution is -2.51. The van der Waals surface area contributed by atoms with Crippen LogP contribution >= 0.6 is 0 Å². The van der Waals surface area contributed by atoms with Crippen molar-refractivity contribution in [2.24, 2.45) is 0 Å². The molecule has 4 heteroatoms. The first-order chi connectivity index (χ1) is 9.89. The van der Waals surface area contributed by atoms with Gasteiger partial charge in [0.25, 0.3) is 0 Å². The number of rotatable bonds is 4. The fourth-order valence-corrected chi connectivity index (χ4v) is 2.74. The summed E-state index contributed by atoms with van der Waals surface area (Å²) in [6, 6.07) is 5.03. The number of pyridine rings is 1. The maximum absolute atomic E-state index is 4.49. The van der Waals surface area contributed by atoms with Crippen molar-refractivity contribution in [1.29, 1.82) is 0 Å². The molecule has 0 radical (unpaired) electrons. The third-order valence-corrected chi connectivity index (χ3v) is 4.21. The van der Waals surface area contributed by atoms with E-state index >= 15 is 0 Å². The van der Waals surface area contributed by atoms with E-state index in [2.05, 4.69) is 67.0 Å². The number of hydrogen-bond acceptors (Lipinski definition) is 4. The van der Waals surface area contributed by atoms with Gasteiger partial charge in [-0.1, -0.05) is 6.92 Å². The Bertz CT molecular complexity index is 452. The SMILES string of the molecule is CCC1CN(c2ccnc(CNC(C)(C)C)c2)CCN1C. The minimum Gasteiger partial charge on any atom is -0.369 e. The van der Waals surface area contributed by atoms with Crippen LogP contribution in [0.3, 0.4) is 0 Å². The highest BCUT2D eigenvalue weighted by molar-refractivity contribution is 5.47. The molecule has 1 aliphatic rings. The Morgan fingerprint density at radius 3 is 2.76 bits per heavy atom. The van der Waals surface area contributed by atoms with Crippen molar-refractivity contribution in [3.05, 3.63) is 24.0 Å². The van der Waals surface area contributed by atoms with Gasteiger partial charge in [-0.05, 0) is 46.4 Å². The van der Waals surface area contributed by atoms with Crippen molar-refractivity contribution >= 4 is 5.69 Å². The standard InChI is InChI=1S/C17H30N4/c1-6-15-13-21(10-9-20(15)5)16-7-8-18-14(11-16)12-19-17(2,3)4/h7-8,11,15,19H,6,9-10,12-13H2,1-5H3. The summed E-state index contributed by atoms with van der Waals surface area (Å²) in [6.45, 7) is 13.0. The number of likely N-dealkylation sites (N-methyl/N-ethyl adjacent to an activating group) is 1. The molecule has 1 aromatic rings. The van der Waals surface area contributed by atoms with Crippen LogP contribution in [0.4, 0.5) is 5.69 Å². The molecule has 1 N–H and O–H groups in total. The Morgan fingerprint density at radius 1 is 1.33 bits per heavy atom. The van der Waals surface area contributed by atoms with E-state index in [0.29, 0.717) is 6.04 Å². The predicted octanol–water partition coefficient (Wildman–Crippen LogP) is 2.50. The lowest BCUT2D eigenvalue weighted by atomic mass is 10.1. The fraction of sp³-hybridized carbons (Fsp3) is 0.706. The van der Waals surface area contributed by atoms with Crippen molar-refractivity contribution < 1.29 is 0 Å². The van der Waals surface area contributed by atoms with Crippen LogP contribution in [0.5, 0.6) is 0 Å². The zero-order valence-electron chi connectivity index (χ0n) is 14.2. The van der Waals surface area contributed by atoms with E-state index in [-0.39, 0.29) is 5.54 Å². The Labute approximate surface area is 129 Å². The number of hydrogen-bond donors (Lipinski definition) is 1. The smallest absolute Gasteiger partial charge is 0.0562 e. The van der Waals surface area contributed by atoms with Gasteiger partial charge in [-0.2, -0.15) is 0 Å². The first-order valence-electron chi connectivity index (χ1n) is 8.04. The zero-order valence-corrected chi connectivity index (χ0v) is 14.2. The van der Waals surface area contributed by atoms with Crippen LogP contribution in [0.15, 0.2) is 18.3 Å². The zero-order chi connectivity index (χ0) is 15.5. The summed E-state index contributed by atoms with van der Waals surface area (Å²) in [5.41, 5.74) is 2.55. The Kier molecular flexibility index (Phi) is 5.22. The summed E-state index contributed by atoms with van der Waals surface area (Å²) >= 11 is 0. The number of nitrogens with one attached hydrogen (secondary N) is 1. The molecule has 1 saturated heterocycles. The molecule has 4 nitrogen and oxygen atoms in total. The molecule has 0 spiro atoms. The van der Waals surface area contributed by atoms with Crippen LogP contribution < -0.4 is 10.2 Å². The predicted molar refractivity (Wildman–Crippen MR) is 89.8 cm³/mol. The molecule has 0 saturated carbocycles. The van der Waals surface area contributed by atoms with E-state index in [1.54, 1.807) is 0 Å². The van der Waals surface area contributed by atoms with Crippen LogP contribution in [0.2, 0.25) is 0 Å². The van der Waals surface area contributed by atoms with Gasteiger partial charge in [0.15, 0.2) is 0 Å². The second kappa shape index (κ2) is 6.75. The highest BCUT2D eigenvalue weighted by Gasteiger charge is 2.23. The molecule has 1 fully saturated rings. The van der Waals surface area contributed by atoms with Crippen molar-refractivity contribution in [2.45, 2.75) is 52.2 Å². The summed E-state index contributed by atoms with van der Waals surface area (Å²) in [5.74, 6) is 0. The summed E-state index contributed by atoms with van der Waals surface area (Å²) in [4.78, 5) is 9.46. The molecule has 118 valence electrons. The van der Waals surface area contributed by atoms with Gasteiger partial charge in [0, 0.05) is 49.6 Å². The maximum atomic E-state index is 4.49. The minimum absolute atomic E-state index is 0.124. The van der Waals surface area contributed by atoms with E-state index in [1.807, 2.05) is 6.20 Å². The molecule has 0 aliphatic carbocycles. The average Bonchev–Trinajstić information content (AvgIpc) is 2.45. The summed E-state index contributed by atoms with van der Waals surface area (Å²) in [7, 11) is 2.23. The van der Waals surface area contributed by atoms with Gasteiger partial charge in [0.1, 0.15) is 0 Å². The minimum atomic E-state index is 0.124. The molecule has 0 aromatic carbocycles. The fourth-order valence-electron chi connectivity index (χ4n) is 2.74. The number of nitrogens with zero attached hydrogens (tertiary/aromatic N) is 3. The van der Waals surface area contributed by atoms with E-state index in [9.17, 15) is 0 Å². The van der Waals surface area contributed by atoms with Gasteiger partial charge < -0.3 is 10.2 Å². The van der Waals surface area contributed by atoms with Crippen molar-refractivity contribution in [3.63, 3.8) is 0 Å². The Hall–Kier alpha value is -1.13. The molecule has 1 unspecified atom stereocenters. The largest absolute Gasteiger partial charge is 0.369 e. The van der Waals surface area contributed by atoms with Gasteiger partial charge in [-0.15, -0.1) is 0 Å². The average molecular weight is 290 g/mol.